The maximum Gasteiger partial charge on any atom is 0.253 e. The second kappa shape index (κ2) is 7.74. The molecule has 1 N–H and O–H groups in total. The third kappa shape index (κ3) is 3.70. The molecule has 1 aliphatic heterocycles. The van der Waals surface area contributed by atoms with Crippen LogP contribution in [0.1, 0.15) is 11.1 Å². The Hall–Kier alpha value is -3.31. The number of hydrogen-bond acceptors (Lipinski definition) is 4. The third-order valence-electron chi connectivity index (χ3n) is 4.81. The number of anilines is 1. The fourth-order valence-electron chi connectivity index (χ4n) is 3.42. The molecule has 4 rings (SSSR count). The minimum atomic E-state index is -0.0772. The Kier molecular flexibility index (Phi) is 5.00. The zero-order valence-electron chi connectivity index (χ0n) is 15.6. The van der Waals surface area contributed by atoms with Crippen molar-refractivity contribution in [3.63, 3.8) is 0 Å². The van der Waals surface area contributed by atoms with Crippen molar-refractivity contribution in [1.82, 2.24) is 0 Å². The molecule has 1 amide bonds. The average Bonchev–Trinajstić information content (AvgIpc) is 2.86. The average molecular weight is 375 g/mol. The van der Waals surface area contributed by atoms with Gasteiger partial charge in [0.2, 0.25) is 0 Å². The number of nitrogens with zero attached hydrogens (tertiary/aromatic N) is 1. The highest BCUT2D eigenvalue weighted by molar-refractivity contribution is 5.96. The first-order chi connectivity index (χ1) is 13.6. The van der Waals surface area contributed by atoms with Gasteiger partial charge in [0.05, 0.1) is 20.3 Å². The second-order valence-electron chi connectivity index (χ2n) is 6.72. The van der Waals surface area contributed by atoms with Gasteiger partial charge in [0, 0.05) is 11.3 Å². The van der Waals surface area contributed by atoms with E-state index in [1.807, 2.05) is 54.6 Å². The molecule has 28 heavy (non-hydrogen) atoms. The first-order valence-corrected chi connectivity index (χ1v) is 9.07. The maximum atomic E-state index is 12.7. The molecule has 0 saturated heterocycles. The van der Waals surface area contributed by atoms with Crippen LogP contribution in [0.3, 0.4) is 0 Å². The molecule has 1 heterocycles. The summed E-state index contributed by atoms with van der Waals surface area (Å²) in [4.78, 5) is 14.4. The quantitative estimate of drug-likeness (QED) is 0.745. The fraction of sp³-hybridized carbons (Fsp3) is 0.174. The molecule has 5 nitrogen and oxygen atoms in total. The van der Waals surface area contributed by atoms with Crippen molar-refractivity contribution in [2.45, 2.75) is 13.2 Å². The summed E-state index contributed by atoms with van der Waals surface area (Å²) in [5, 5.41) is 9.75. The van der Waals surface area contributed by atoms with Crippen molar-refractivity contribution >= 4 is 11.6 Å². The lowest BCUT2D eigenvalue weighted by Crippen LogP contribution is -2.32. The molecule has 0 bridgehead atoms. The molecular formula is C23H21NO4. The molecule has 0 spiro atoms. The number of benzene rings is 3. The van der Waals surface area contributed by atoms with Gasteiger partial charge in [0.15, 0.2) is 0 Å². The van der Waals surface area contributed by atoms with E-state index in [9.17, 15) is 9.90 Å². The number of phenols is 1. The molecule has 1 aliphatic rings. The van der Waals surface area contributed by atoms with E-state index >= 15 is 0 Å². The number of rotatable bonds is 4. The van der Waals surface area contributed by atoms with Gasteiger partial charge in [-0.25, -0.2) is 0 Å². The van der Waals surface area contributed by atoms with Crippen molar-refractivity contribution in [1.29, 1.82) is 0 Å². The SMILES string of the molecule is COc1cccc(CN2C(=O)COCc3cc(-c4cccc(O)c4)ccc32)c1. The first-order valence-electron chi connectivity index (χ1n) is 9.07. The van der Waals surface area contributed by atoms with Gasteiger partial charge in [-0.2, -0.15) is 0 Å². The number of ether oxygens (including phenoxy) is 2. The van der Waals surface area contributed by atoms with Gasteiger partial charge in [-0.3, -0.25) is 4.79 Å². The molecule has 0 saturated carbocycles. The largest absolute Gasteiger partial charge is 0.508 e. The Balaban J connectivity index is 1.70. The number of phenolic OH excluding ortho intramolecular Hbond substituents is 1. The Morgan fingerprint density at radius 1 is 1.00 bits per heavy atom. The van der Waals surface area contributed by atoms with Crippen LogP contribution in [0.4, 0.5) is 5.69 Å². The Morgan fingerprint density at radius 3 is 2.64 bits per heavy atom. The standard InChI is InChI=1S/C23H21NO4/c1-27-21-7-2-4-16(10-21)13-24-22-9-8-18(17-5-3-6-20(25)12-17)11-19(22)14-28-15-23(24)26/h2-12,25H,13-15H2,1H3. The Bertz CT molecular complexity index is 1010. The second-order valence-corrected chi connectivity index (χ2v) is 6.72. The van der Waals surface area contributed by atoms with Gasteiger partial charge < -0.3 is 19.5 Å². The summed E-state index contributed by atoms with van der Waals surface area (Å²) in [6, 6.07) is 20.7. The Labute approximate surface area is 163 Å². The molecule has 3 aromatic carbocycles. The molecular weight excluding hydrogens is 354 g/mol. The summed E-state index contributed by atoms with van der Waals surface area (Å²) in [6.45, 7) is 0.848. The molecule has 0 atom stereocenters. The van der Waals surface area contributed by atoms with Crippen molar-refractivity contribution in [2.75, 3.05) is 18.6 Å². The molecule has 3 aromatic rings. The van der Waals surface area contributed by atoms with Crippen LogP contribution in [0.5, 0.6) is 11.5 Å². The van der Waals surface area contributed by atoms with Gasteiger partial charge >= 0.3 is 0 Å². The van der Waals surface area contributed by atoms with Gasteiger partial charge in [0.25, 0.3) is 5.91 Å². The zero-order chi connectivity index (χ0) is 19.5. The van der Waals surface area contributed by atoms with Crippen molar-refractivity contribution in [3.8, 4) is 22.6 Å². The molecule has 0 fully saturated rings. The molecule has 142 valence electrons. The molecule has 5 heteroatoms. The summed E-state index contributed by atoms with van der Waals surface area (Å²) < 4.78 is 10.9. The van der Waals surface area contributed by atoms with E-state index in [-0.39, 0.29) is 18.3 Å². The lowest BCUT2D eigenvalue weighted by Gasteiger charge is -2.23. The topological polar surface area (TPSA) is 59.0 Å². The third-order valence-corrected chi connectivity index (χ3v) is 4.81. The van der Waals surface area contributed by atoms with Crippen LogP contribution in [0.15, 0.2) is 66.7 Å². The van der Waals surface area contributed by atoms with Crippen LogP contribution < -0.4 is 9.64 Å². The van der Waals surface area contributed by atoms with Gasteiger partial charge in [-0.15, -0.1) is 0 Å². The highest BCUT2D eigenvalue weighted by atomic mass is 16.5. The lowest BCUT2D eigenvalue weighted by atomic mass is 10.0. The van der Waals surface area contributed by atoms with Crippen molar-refractivity contribution < 1.29 is 19.4 Å². The molecule has 0 unspecified atom stereocenters. The van der Waals surface area contributed by atoms with E-state index in [2.05, 4.69) is 0 Å². The van der Waals surface area contributed by atoms with Gasteiger partial charge in [0.1, 0.15) is 18.1 Å². The lowest BCUT2D eigenvalue weighted by molar-refractivity contribution is -0.123. The predicted molar refractivity (Wildman–Crippen MR) is 107 cm³/mol. The first kappa shape index (κ1) is 18.1. The Morgan fingerprint density at radius 2 is 1.82 bits per heavy atom. The van der Waals surface area contributed by atoms with Crippen LogP contribution >= 0.6 is 0 Å². The van der Waals surface area contributed by atoms with E-state index in [1.165, 1.54) is 0 Å². The molecule has 0 aromatic heterocycles. The smallest absolute Gasteiger partial charge is 0.253 e. The van der Waals surface area contributed by atoms with Gasteiger partial charge in [-0.05, 0) is 53.1 Å². The van der Waals surface area contributed by atoms with E-state index in [4.69, 9.17) is 9.47 Å². The van der Waals surface area contributed by atoms with Crippen molar-refractivity contribution in [2.24, 2.45) is 0 Å². The number of aromatic hydroxyl groups is 1. The maximum absolute atomic E-state index is 12.7. The number of carbonyl (C=O) groups is 1. The fourth-order valence-corrected chi connectivity index (χ4v) is 3.42. The summed E-state index contributed by atoms with van der Waals surface area (Å²) in [5.41, 5.74) is 4.65. The monoisotopic (exact) mass is 375 g/mol. The zero-order valence-corrected chi connectivity index (χ0v) is 15.6. The number of methoxy groups -OCH3 is 1. The van der Waals surface area contributed by atoms with Crippen LogP contribution in [0.2, 0.25) is 0 Å². The number of carbonyl (C=O) groups excluding carboxylic acids is 1. The molecule has 0 aliphatic carbocycles. The summed E-state index contributed by atoms with van der Waals surface area (Å²) >= 11 is 0. The summed E-state index contributed by atoms with van der Waals surface area (Å²) in [7, 11) is 1.63. The van der Waals surface area contributed by atoms with E-state index < -0.39 is 0 Å². The number of hydrogen-bond donors (Lipinski definition) is 1. The molecule has 0 radical (unpaired) electrons. The number of fused-ring (bicyclic) bond motifs is 1. The minimum absolute atomic E-state index is 0.0418. The van der Waals surface area contributed by atoms with E-state index in [1.54, 1.807) is 24.1 Å². The highest BCUT2D eigenvalue weighted by Crippen LogP contribution is 2.32. The van der Waals surface area contributed by atoms with E-state index in [0.717, 1.165) is 33.7 Å². The van der Waals surface area contributed by atoms with Crippen LogP contribution in [0, 0.1) is 0 Å². The van der Waals surface area contributed by atoms with Gasteiger partial charge in [-0.1, -0.05) is 30.3 Å². The predicted octanol–water partition coefficient (Wildman–Crippen LogP) is 4.13. The minimum Gasteiger partial charge on any atom is -0.508 e. The van der Waals surface area contributed by atoms with E-state index in [0.29, 0.717) is 13.2 Å². The normalized spacial score (nSPS) is 13.8. The summed E-state index contributed by atoms with van der Waals surface area (Å²) in [5.74, 6) is 0.903. The van der Waals surface area contributed by atoms with Crippen molar-refractivity contribution in [3.05, 3.63) is 77.9 Å². The number of amides is 1. The van der Waals surface area contributed by atoms with Crippen LogP contribution in [-0.4, -0.2) is 24.7 Å². The van der Waals surface area contributed by atoms with Crippen LogP contribution in [-0.2, 0) is 22.7 Å². The summed E-state index contributed by atoms with van der Waals surface area (Å²) in [6.07, 6.45) is 0. The highest BCUT2D eigenvalue weighted by Gasteiger charge is 2.23. The van der Waals surface area contributed by atoms with Crippen LogP contribution in [0.25, 0.3) is 11.1 Å².